The summed E-state index contributed by atoms with van der Waals surface area (Å²) in [6.45, 7) is 2.22. The van der Waals surface area contributed by atoms with Crippen LogP contribution in [0.15, 0.2) is 0 Å². The maximum absolute atomic E-state index is 9.51. The van der Waals surface area contributed by atoms with Crippen molar-refractivity contribution in [2.75, 3.05) is 40.5 Å². The lowest BCUT2D eigenvalue weighted by molar-refractivity contribution is -0.122. The van der Waals surface area contributed by atoms with Gasteiger partial charge in [-0.15, -0.1) is 0 Å². The van der Waals surface area contributed by atoms with E-state index in [9.17, 15) is 4.79 Å². The van der Waals surface area contributed by atoms with Crippen LogP contribution in [0.5, 0.6) is 0 Å². The van der Waals surface area contributed by atoms with E-state index >= 15 is 0 Å². The summed E-state index contributed by atoms with van der Waals surface area (Å²) < 4.78 is 9.19. The fourth-order valence-corrected chi connectivity index (χ4v) is 0.338. The molecule has 7 heteroatoms. The number of nitrogens with one attached hydrogen (secondary N) is 1. The molecule has 0 aromatic carbocycles. The van der Waals surface area contributed by atoms with E-state index in [1.807, 2.05) is 0 Å². The molecule has 0 fully saturated rings. The number of amides is 1. The number of ether oxygens (including phenoxy) is 2. The molecule has 0 aromatic rings. The molecule has 0 saturated heterocycles. The van der Waals surface area contributed by atoms with Gasteiger partial charge in [-0.2, -0.15) is 0 Å². The van der Waals surface area contributed by atoms with E-state index in [0.29, 0.717) is 32.7 Å². The molecule has 0 heterocycles. The molecule has 0 aromatic heterocycles. The van der Waals surface area contributed by atoms with E-state index < -0.39 is 0 Å². The van der Waals surface area contributed by atoms with Crippen molar-refractivity contribution in [1.82, 2.24) is 5.32 Å². The molecule has 0 atom stereocenters. The second-order valence-electron chi connectivity index (χ2n) is 1.95. The van der Waals surface area contributed by atoms with Crippen molar-refractivity contribution in [3.63, 3.8) is 0 Å². The van der Waals surface area contributed by atoms with Gasteiger partial charge in [-0.1, -0.05) is 0 Å². The highest BCUT2D eigenvalue weighted by Gasteiger charge is 1.75. The highest BCUT2D eigenvalue weighted by Crippen LogP contribution is 1.58. The summed E-state index contributed by atoms with van der Waals surface area (Å²) in [7, 11) is 3.22. The first-order valence-corrected chi connectivity index (χ1v) is 4.17. The van der Waals surface area contributed by atoms with Crippen LogP contribution in [0, 0.1) is 0 Å². The summed E-state index contributed by atoms with van der Waals surface area (Å²) in [6.07, 6.45) is 0.652. The van der Waals surface area contributed by atoms with Crippen molar-refractivity contribution in [3.05, 3.63) is 0 Å². The standard InChI is InChI=1S/C4H9NO2.C3H9NO.CH2O2/c1-7-3-2-5-4-6;1-5-3-2-4;2-1-3/h4H,2-3H2,1H3,(H,5,6);2-4H2,1H3;1H,(H,2,3). The van der Waals surface area contributed by atoms with Crippen LogP contribution in [-0.2, 0) is 19.1 Å². The molecule has 4 N–H and O–H groups in total. The Bertz CT molecular complexity index is 111. The Kier molecular flexibility index (Phi) is 37.9. The quantitative estimate of drug-likeness (QED) is 0.381. The first-order chi connectivity index (χ1) is 7.24. The van der Waals surface area contributed by atoms with E-state index in [-0.39, 0.29) is 6.47 Å². The van der Waals surface area contributed by atoms with Crippen LogP contribution in [0.25, 0.3) is 0 Å². The molecule has 7 nitrogen and oxygen atoms in total. The first-order valence-electron chi connectivity index (χ1n) is 4.17. The molecule has 0 radical (unpaired) electrons. The van der Waals surface area contributed by atoms with Crippen molar-refractivity contribution >= 4 is 12.9 Å². The van der Waals surface area contributed by atoms with Gasteiger partial charge < -0.3 is 25.6 Å². The van der Waals surface area contributed by atoms with Crippen molar-refractivity contribution in [3.8, 4) is 0 Å². The molecule has 0 saturated carbocycles. The van der Waals surface area contributed by atoms with Gasteiger partial charge in [0.25, 0.3) is 6.47 Å². The third kappa shape index (κ3) is 64.6. The molecule has 0 unspecified atom stereocenters. The molecule has 15 heavy (non-hydrogen) atoms. The predicted molar refractivity (Wildman–Crippen MR) is 55.6 cm³/mol. The SMILES string of the molecule is COCCN.COCCNC=O.O=CO. The number of methoxy groups -OCH3 is 2. The van der Waals surface area contributed by atoms with Gasteiger partial charge in [0.15, 0.2) is 0 Å². The Morgan fingerprint density at radius 3 is 1.93 bits per heavy atom. The summed E-state index contributed by atoms with van der Waals surface area (Å²) in [4.78, 5) is 17.9. The van der Waals surface area contributed by atoms with Gasteiger partial charge in [-0.05, 0) is 0 Å². The van der Waals surface area contributed by atoms with Gasteiger partial charge in [0.2, 0.25) is 6.41 Å². The minimum Gasteiger partial charge on any atom is -0.483 e. The van der Waals surface area contributed by atoms with Crippen molar-refractivity contribution < 1.29 is 24.2 Å². The van der Waals surface area contributed by atoms with Gasteiger partial charge in [-0.25, -0.2) is 0 Å². The average Bonchev–Trinajstić information content (AvgIpc) is 2.22. The topological polar surface area (TPSA) is 111 Å². The lowest BCUT2D eigenvalue weighted by Gasteiger charge is -1.92. The van der Waals surface area contributed by atoms with Crippen molar-refractivity contribution in [2.45, 2.75) is 0 Å². The zero-order valence-electron chi connectivity index (χ0n) is 9.14. The average molecular weight is 224 g/mol. The fraction of sp³-hybridized carbons (Fsp3) is 0.750. The van der Waals surface area contributed by atoms with Crippen molar-refractivity contribution in [2.24, 2.45) is 5.73 Å². The molecular formula is C8H20N2O5. The first kappa shape index (κ1) is 19.4. The number of hydrogen-bond acceptors (Lipinski definition) is 5. The van der Waals surface area contributed by atoms with Crippen molar-refractivity contribution in [1.29, 1.82) is 0 Å². The zero-order valence-corrected chi connectivity index (χ0v) is 9.14. The molecular weight excluding hydrogens is 204 g/mol. The lowest BCUT2D eigenvalue weighted by atomic mass is 10.7. The van der Waals surface area contributed by atoms with E-state index in [0.717, 1.165) is 0 Å². The molecule has 92 valence electrons. The Morgan fingerprint density at radius 1 is 1.27 bits per heavy atom. The maximum atomic E-state index is 9.51. The minimum atomic E-state index is -0.250. The second-order valence-corrected chi connectivity index (χ2v) is 1.95. The Hall–Kier alpha value is -1.18. The molecule has 0 aliphatic rings. The highest BCUT2D eigenvalue weighted by molar-refractivity contribution is 5.45. The van der Waals surface area contributed by atoms with E-state index in [1.165, 1.54) is 0 Å². The number of carbonyl (C=O) groups is 2. The molecule has 0 rings (SSSR count). The minimum absolute atomic E-state index is 0.250. The number of rotatable bonds is 6. The number of carbonyl (C=O) groups excluding carboxylic acids is 1. The fourth-order valence-electron chi connectivity index (χ4n) is 0.338. The van der Waals surface area contributed by atoms with Gasteiger partial charge in [-0.3, -0.25) is 9.59 Å². The number of nitrogens with two attached hydrogens (primary N) is 1. The smallest absolute Gasteiger partial charge is 0.290 e. The summed E-state index contributed by atoms with van der Waals surface area (Å²) in [5.74, 6) is 0. The van der Waals surface area contributed by atoms with Gasteiger partial charge in [0.05, 0.1) is 13.2 Å². The largest absolute Gasteiger partial charge is 0.483 e. The summed E-state index contributed by atoms with van der Waals surface area (Å²) in [5, 5.41) is 9.33. The highest BCUT2D eigenvalue weighted by atomic mass is 16.5. The second kappa shape index (κ2) is 29.3. The van der Waals surface area contributed by atoms with E-state index in [1.54, 1.807) is 14.2 Å². The third-order valence-corrected chi connectivity index (χ3v) is 0.856. The van der Waals surface area contributed by atoms with Gasteiger partial charge in [0, 0.05) is 27.3 Å². The van der Waals surface area contributed by atoms with Crippen LogP contribution >= 0.6 is 0 Å². The Labute approximate surface area is 89.5 Å². The van der Waals surface area contributed by atoms with E-state index in [2.05, 4.69) is 14.8 Å². The maximum Gasteiger partial charge on any atom is 0.290 e. The van der Waals surface area contributed by atoms with Gasteiger partial charge >= 0.3 is 0 Å². The van der Waals surface area contributed by atoms with Crippen LogP contribution in [0.1, 0.15) is 0 Å². The molecule has 0 aliphatic carbocycles. The van der Waals surface area contributed by atoms with Crippen LogP contribution < -0.4 is 11.1 Å². The monoisotopic (exact) mass is 224 g/mol. The van der Waals surface area contributed by atoms with E-state index in [4.69, 9.17) is 15.6 Å². The number of carboxylic acid groups (broad SMARTS) is 1. The normalized spacial score (nSPS) is 7.40. The zero-order chi connectivity index (χ0) is 12.4. The van der Waals surface area contributed by atoms with Crippen LogP contribution in [-0.4, -0.2) is 58.5 Å². The summed E-state index contributed by atoms with van der Waals surface area (Å²) in [6, 6.07) is 0. The Balaban J connectivity index is -0.000000158. The van der Waals surface area contributed by atoms with Crippen LogP contribution in [0.2, 0.25) is 0 Å². The lowest BCUT2D eigenvalue weighted by Crippen LogP contribution is -2.16. The summed E-state index contributed by atoms with van der Waals surface area (Å²) >= 11 is 0. The molecule has 0 bridgehead atoms. The molecule has 0 aliphatic heterocycles. The molecule has 0 spiro atoms. The predicted octanol–water partition coefficient (Wildman–Crippen LogP) is -1.33. The summed E-state index contributed by atoms with van der Waals surface area (Å²) in [5.41, 5.74) is 5.01. The Morgan fingerprint density at radius 2 is 1.73 bits per heavy atom. The van der Waals surface area contributed by atoms with Crippen LogP contribution in [0.4, 0.5) is 0 Å². The van der Waals surface area contributed by atoms with Gasteiger partial charge in [0.1, 0.15) is 0 Å². The van der Waals surface area contributed by atoms with Crippen LogP contribution in [0.3, 0.4) is 0 Å². The third-order valence-electron chi connectivity index (χ3n) is 0.856. The number of hydrogen-bond donors (Lipinski definition) is 3. The molecule has 1 amide bonds.